The van der Waals surface area contributed by atoms with Crippen LogP contribution in [0.4, 0.5) is 4.39 Å². The van der Waals surface area contributed by atoms with E-state index in [1.807, 2.05) is 0 Å². The van der Waals surface area contributed by atoms with Crippen LogP contribution in [0, 0.1) is 28.5 Å². The largest absolute Gasteiger partial charge is 0.205 e. The highest BCUT2D eigenvalue weighted by Gasteiger charge is 2.35. The van der Waals surface area contributed by atoms with E-state index in [-0.39, 0.29) is 10.4 Å². The molecule has 2 rings (SSSR count). The molecule has 0 atom stereocenters. The molecule has 108 valence electrons. The van der Waals surface area contributed by atoms with Gasteiger partial charge in [-0.1, -0.05) is 37.4 Å². The molecule has 0 heterocycles. The number of rotatable bonds is 4. The normalized spacial score (nSPS) is 26.2. The van der Waals surface area contributed by atoms with Crippen molar-refractivity contribution in [1.82, 2.24) is 0 Å². The minimum atomic E-state index is -0.395. The third-order valence-corrected chi connectivity index (χ3v) is 4.81. The maximum atomic E-state index is 13.2. The van der Waals surface area contributed by atoms with E-state index in [9.17, 15) is 9.65 Å². The van der Waals surface area contributed by atoms with Gasteiger partial charge >= 0.3 is 0 Å². The van der Waals surface area contributed by atoms with Gasteiger partial charge in [0.2, 0.25) is 0 Å². The van der Waals surface area contributed by atoms with Crippen molar-refractivity contribution in [1.29, 1.82) is 5.26 Å². The summed E-state index contributed by atoms with van der Waals surface area (Å²) in [4.78, 5) is 0. The molecule has 0 unspecified atom stereocenters. The van der Waals surface area contributed by atoms with Gasteiger partial charge in [0.1, 0.15) is 5.82 Å². The topological polar surface area (TPSA) is 23.8 Å². The molecule has 1 aliphatic carbocycles. The molecule has 0 saturated heterocycles. The van der Waals surface area contributed by atoms with Crippen LogP contribution in [0.25, 0.3) is 0 Å². The smallest absolute Gasteiger partial charge is 0.141 e. The average molecular weight is 294 g/mol. The number of hydrogen-bond donors (Lipinski definition) is 0. The second kappa shape index (κ2) is 6.59. The van der Waals surface area contributed by atoms with Crippen LogP contribution in [0.5, 0.6) is 0 Å². The van der Waals surface area contributed by atoms with Gasteiger partial charge in [-0.25, -0.2) is 4.39 Å². The van der Waals surface area contributed by atoms with Gasteiger partial charge in [0, 0.05) is 0 Å². The molecule has 20 heavy (non-hydrogen) atoms. The summed E-state index contributed by atoms with van der Waals surface area (Å²) in [7, 11) is 0. The van der Waals surface area contributed by atoms with Gasteiger partial charge in [-0.05, 0) is 55.7 Å². The predicted octanol–water partition coefficient (Wildman–Crippen LogP) is 5.52. The molecule has 1 saturated carbocycles. The molecule has 1 nitrogen and oxygen atoms in total. The zero-order chi connectivity index (χ0) is 14.6. The zero-order valence-electron chi connectivity index (χ0n) is 12.0. The van der Waals surface area contributed by atoms with Crippen molar-refractivity contribution in [2.75, 3.05) is 0 Å². The molecule has 1 aliphatic rings. The Morgan fingerprint density at radius 3 is 2.65 bits per heavy atom. The molecule has 1 fully saturated rings. The molecule has 0 spiro atoms. The molecule has 1 aromatic carbocycles. The van der Waals surface area contributed by atoms with Crippen LogP contribution in [0.3, 0.4) is 0 Å². The molecule has 0 aliphatic heterocycles. The van der Waals surface area contributed by atoms with Crippen LogP contribution in [0.2, 0.25) is 5.02 Å². The Kier molecular flexibility index (Phi) is 5.05. The van der Waals surface area contributed by atoms with Crippen molar-refractivity contribution in [3.8, 4) is 6.07 Å². The summed E-state index contributed by atoms with van der Waals surface area (Å²) in [5.74, 6) is 0.381. The van der Waals surface area contributed by atoms with E-state index in [0.29, 0.717) is 6.42 Å². The number of hydrogen-bond acceptors (Lipinski definition) is 1. The van der Waals surface area contributed by atoms with E-state index in [2.05, 4.69) is 13.0 Å². The lowest BCUT2D eigenvalue weighted by atomic mass is 9.67. The first kappa shape index (κ1) is 15.3. The maximum Gasteiger partial charge on any atom is 0.141 e. The van der Waals surface area contributed by atoms with Gasteiger partial charge in [0.05, 0.1) is 16.5 Å². The van der Waals surface area contributed by atoms with Crippen molar-refractivity contribution < 1.29 is 4.39 Å². The Labute approximate surface area is 125 Å². The Morgan fingerprint density at radius 1 is 1.40 bits per heavy atom. The van der Waals surface area contributed by atoms with Gasteiger partial charge in [-0.2, -0.15) is 5.26 Å². The summed E-state index contributed by atoms with van der Waals surface area (Å²) in [6.45, 7) is 2.21. The zero-order valence-corrected chi connectivity index (χ0v) is 12.7. The number of halogens is 2. The minimum Gasteiger partial charge on any atom is -0.205 e. The van der Waals surface area contributed by atoms with Crippen LogP contribution >= 0.6 is 11.6 Å². The SMILES string of the molecule is CCCC1CCC(C#N)(Cc2ccc(F)c(Cl)c2)CC1. The summed E-state index contributed by atoms with van der Waals surface area (Å²) in [5.41, 5.74) is 0.678. The second-order valence-corrected chi connectivity index (χ2v) is 6.46. The van der Waals surface area contributed by atoms with Crippen molar-refractivity contribution in [3.63, 3.8) is 0 Å². The highest BCUT2D eigenvalue weighted by Crippen LogP contribution is 2.42. The molecule has 3 heteroatoms. The third kappa shape index (κ3) is 3.52. The molecule has 0 N–H and O–H groups in total. The molecule has 0 amide bonds. The number of nitriles is 1. The molecule has 1 aromatic rings. The second-order valence-electron chi connectivity index (χ2n) is 6.05. The maximum absolute atomic E-state index is 13.2. The summed E-state index contributed by atoms with van der Waals surface area (Å²) in [5, 5.41) is 9.73. The molecular formula is C17H21ClFN. The van der Waals surface area contributed by atoms with Gasteiger partial charge < -0.3 is 0 Å². The lowest BCUT2D eigenvalue weighted by Crippen LogP contribution is -2.28. The van der Waals surface area contributed by atoms with Gasteiger partial charge in [0.25, 0.3) is 0 Å². The monoisotopic (exact) mass is 293 g/mol. The first-order valence-electron chi connectivity index (χ1n) is 7.44. The van der Waals surface area contributed by atoms with E-state index < -0.39 is 5.82 Å². The van der Waals surface area contributed by atoms with Crippen LogP contribution < -0.4 is 0 Å². The van der Waals surface area contributed by atoms with Crippen molar-refractivity contribution in [2.45, 2.75) is 51.9 Å². The van der Waals surface area contributed by atoms with Gasteiger partial charge in [-0.3, -0.25) is 0 Å². The number of benzene rings is 1. The van der Waals surface area contributed by atoms with Crippen molar-refractivity contribution in [3.05, 3.63) is 34.6 Å². The predicted molar refractivity (Wildman–Crippen MR) is 80.0 cm³/mol. The lowest BCUT2D eigenvalue weighted by molar-refractivity contribution is 0.200. The summed E-state index contributed by atoms with van der Waals surface area (Å²) < 4.78 is 13.2. The number of nitrogens with zero attached hydrogens (tertiary/aromatic N) is 1. The highest BCUT2D eigenvalue weighted by molar-refractivity contribution is 6.30. The molecule has 0 bridgehead atoms. The lowest BCUT2D eigenvalue weighted by Gasteiger charge is -2.35. The fourth-order valence-corrected chi connectivity index (χ4v) is 3.50. The Bertz CT molecular complexity index is 498. The average Bonchev–Trinajstić information content (AvgIpc) is 2.46. The quantitative estimate of drug-likeness (QED) is 0.717. The van der Waals surface area contributed by atoms with Crippen LogP contribution in [-0.2, 0) is 6.42 Å². The molecular weight excluding hydrogens is 273 g/mol. The fourth-order valence-electron chi connectivity index (χ4n) is 3.30. The van der Waals surface area contributed by atoms with E-state index in [0.717, 1.165) is 37.2 Å². The van der Waals surface area contributed by atoms with E-state index in [1.54, 1.807) is 12.1 Å². The summed E-state index contributed by atoms with van der Waals surface area (Å²) in [6.07, 6.45) is 7.34. The Balaban J connectivity index is 2.06. The van der Waals surface area contributed by atoms with Crippen LogP contribution in [0.15, 0.2) is 18.2 Å². The summed E-state index contributed by atoms with van der Waals surface area (Å²) >= 11 is 5.83. The van der Waals surface area contributed by atoms with Crippen molar-refractivity contribution >= 4 is 11.6 Å². The van der Waals surface area contributed by atoms with Gasteiger partial charge in [0.15, 0.2) is 0 Å². The van der Waals surface area contributed by atoms with E-state index in [4.69, 9.17) is 11.6 Å². The molecule has 0 radical (unpaired) electrons. The van der Waals surface area contributed by atoms with Crippen LogP contribution in [-0.4, -0.2) is 0 Å². The minimum absolute atomic E-state index is 0.148. The van der Waals surface area contributed by atoms with Gasteiger partial charge in [-0.15, -0.1) is 0 Å². The van der Waals surface area contributed by atoms with Crippen LogP contribution in [0.1, 0.15) is 51.0 Å². The first-order chi connectivity index (χ1) is 9.58. The van der Waals surface area contributed by atoms with E-state index >= 15 is 0 Å². The highest BCUT2D eigenvalue weighted by atomic mass is 35.5. The Hall–Kier alpha value is -1.07. The summed E-state index contributed by atoms with van der Waals surface area (Å²) in [6, 6.07) is 7.33. The third-order valence-electron chi connectivity index (χ3n) is 4.52. The van der Waals surface area contributed by atoms with Crippen molar-refractivity contribution in [2.24, 2.45) is 11.3 Å². The van der Waals surface area contributed by atoms with E-state index in [1.165, 1.54) is 18.9 Å². The first-order valence-corrected chi connectivity index (χ1v) is 7.81. The standard InChI is InChI=1S/C17H21ClFN/c1-2-3-13-6-8-17(12-20,9-7-13)11-14-4-5-16(19)15(18)10-14/h4-5,10,13H,2-3,6-9,11H2,1H3. The Morgan fingerprint density at radius 2 is 2.10 bits per heavy atom. The molecule has 0 aromatic heterocycles. The fraction of sp³-hybridized carbons (Fsp3) is 0.588.